The Morgan fingerprint density at radius 2 is 1.87 bits per heavy atom. The number of amides is 1. The van der Waals surface area contributed by atoms with Crippen LogP contribution in [0.2, 0.25) is 0 Å². The molecular weight excluding hydrogens is 312 g/mol. The lowest BCUT2D eigenvalue weighted by Gasteiger charge is -2.38. The zero-order valence-corrected chi connectivity index (χ0v) is 14.8. The average Bonchev–Trinajstić information content (AvgIpc) is 2.59. The molecule has 23 heavy (non-hydrogen) atoms. The molecule has 1 aromatic rings. The third-order valence-electron chi connectivity index (χ3n) is 4.74. The Kier molecular flexibility index (Phi) is 8.42. The van der Waals surface area contributed by atoms with Gasteiger partial charge >= 0.3 is 0 Å². The highest BCUT2D eigenvalue weighted by atomic mass is 35.5. The SMILES string of the molecule is COc1ccc(C2(CNC(=O)CCCN)CCCCC2)cc1.Cl. The summed E-state index contributed by atoms with van der Waals surface area (Å²) in [6.07, 6.45) is 7.29. The minimum atomic E-state index is 0. The van der Waals surface area contributed by atoms with E-state index in [9.17, 15) is 4.79 Å². The van der Waals surface area contributed by atoms with Crippen molar-refractivity contribution < 1.29 is 9.53 Å². The second kappa shape index (κ2) is 9.78. The van der Waals surface area contributed by atoms with E-state index in [4.69, 9.17) is 10.5 Å². The molecule has 5 heteroatoms. The van der Waals surface area contributed by atoms with E-state index in [2.05, 4.69) is 17.4 Å². The lowest BCUT2D eigenvalue weighted by atomic mass is 9.69. The van der Waals surface area contributed by atoms with Gasteiger partial charge < -0.3 is 15.8 Å². The molecule has 0 saturated heterocycles. The lowest BCUT2D eigenvalue weighted by molar-refractivity contribution is -0.121. The molecule has 0 unspecified atom stereocenters. The van der Waals surface area contributed by atoms with Gasteiger partial charge in [0.2, 0.25) is 5.91 Å². The van der Waals surface area contributed by atoms with Gasteiger partial charge in [0.15, 0.2) is 0 Å². The molecule has 1 aromatic carbocycles. The summed E-state index contributed by atoms with van der Waals surface area (Å²) in [5.74, 6) is 0.991. The van der Waals surface area contributed by atoms with Crippen LogP contribution in [-0.2, 0) is 10.2 Å². The molecule has 0 radical (unpaired) electrons. The molecule has 3 N–H and O–H groups in total. The number of rotatable bonds is 7. The van der Waals surface area contributed by atoms with E-state index in [1.165, 1.54) is 24.8 Å². The lowest BCUT2D eigenvalue weighted by Crippen LogP contribution is -2.42. The van der Waals surface area contributed by atoms with E-state index < -0.39 is 0 Å². The molecular formula is C18H29ClN2O2. The summed E-state index contributed by atoms with van der Waals surface area (Å²) in [6.45, 7) is 1.29. The Labute approximate surface area is 145 Å². The van der Waals surface area contributed by atoms with E-state index in [1.807, 2.05) is 12.1 Å². The fourth-order valence-electron chi connectivity index (χ4n) is 3.36. The summed E-state index contributed by atoms with van der Waals surface area (Å²) in [5, 5.41) is 3.13. The van der Waals surface area contributed by atoms with Crippen molar-refractivity contribution in [3.63, 3.8) is 0 Å². The predicted molar refractivity (Wildman–Crippen MR) is 96.3 cm³/mol. The largest absolute Gasteiger partial charge is 0.497 e. The van der Waals surface area contributed by atoms with Crippen molar-refractivity contribution >= 4 is 18.3 Å². The second-order valence-corrected chi connectivity index (χ2v) is 6.24. The van der Waals surface area contributed by atoms with Crippen molar-refractivity contribution in [1.29, 1.82) is 0 Å². The highest BCUT2D eigenvalue weighted by Crippen LogP contribution is 2.39. The van der Waals surface area contributed by atoms with E-state index in [1.54, 1.807) is 7.11 Å². The van der Waals surface area contributed by atoms with Crippen LogP contribution in [0.3, 0.4) is 0 Å². The van der Waals surface area contributed by atoms with E-state index >= 15 is 0 Å². The van der Waals surface area contributed by atoms with Gasteiger partial charge in [-0.15, -0.1) is 12.4 Å². The average molecular weight is 341 g/mol. The van der Waals surface area contributed by atoms with E-state index in [0.717, 1.165) is 31.6 Å². The number of halogens is 1. The summed E-state index contributed by atoms with van der Waals surface area (Å²) in [6, 6.07) is 8.33. The molecule has 0 atom stereocenters. The summed E-state index contributed by atoms with van der Waals surface area (Å²) in [5.41, 5.74) is 6.85. The fourth-order valence-corrected chi connectivity index (χ4v) is 3.36. The highest BCUT2D eigenvalue weighted by Gasteiger charge is 2.34. The number of carbonyl (C=O) groups excluding carboxylic acids is 1. The van der Waals surface area contributed by atoms with Crippen LogP contribution in [0.1, 0.15) is 50.5 Å². The molecule has 0 aliphatic heterocycles. The zero-order valence-electron chi connectivity index (χ0n) is 14.0. The third-order valence-corrected chi connectivity index (χ3v) is 4.74. The Hall–Kier alpha value is -1.26. The quantitative estimate of drug-likeness (QED) is 0.801. The van der Waals surface area contributed by atoms with Crippen molar-refractivity contribution in [2.24, 2.45) is 5.73 Å². The minimum Gasteiger partial charge on any atom is -0.497 e. The first-order valence-corrected chi connectivity index (χ1v) is 8.31. The molecule has 1 saturated carbocycles. The normalized spacial score (nSPS) is 16.3. The van der Waals surface area contributed by atoms with Crippen LogP contribution in [-0.4, -0.2) is 26.1 Å². The number of methoxy groups -OCH3 is 1. The van der Waals surface area contributed by atoms with Crippen molar-refractivity contribution in [1.82, 2.24) is 5.32 Å². The first-order valence-electron chi connectivity index (χ1n) is 8.31. The molecule has 0 bridgehead atoms. The molecule has 130 valence electrons. The Morgan fingerprint density at radius 3 is 2.43 bits per heavy atom. The number of hydrogen-bond acceptors (Lipinski definition) is 3. The summed E-state index contributed by atoms with van der Waals surface area (Å²) in [7, 11) is 1.68. The maximum atomic E-state index is 11.9. The van der Waals surface area contributed by atoms with Crippen molar-refractivity contribution in [2.45, 2.75) is 50.4 Å². The van der Waals surface area contributed by atoms with E-state index in [-0.39, 0.29) is 23.7 Å². The minimum absolute atomic E-state index is 0. The predicted octanol–water partition coefficient (Wildman–Crippen LogP) is 3.17. The molecule has 4 nitrogen and oxygen atoms in total. The molecule has 0 heterocycles. The van der Waals surface area contributed by atoms with Gasteiger partial charge in [-0.3, -0.25) is 4.79 Å². The van der Waals surface area contributed by atoms with Gasteiger partial charge in [0.25, 0.3) is 0 Å². The van der Waals surface area contributed by atoms with Crippen molar-refractivity contribution in [3.05, 3.63) is 29.8 Å². The van der Waals surface area contributed by atoms with Crippen LogP contribution in [0.25, 0.3) is 0 Å². The van der Waals surface area contributed by atoms with Crippen LogP contribution in [0.5, 0.6) is 5.75 Å². The fraction of sp³-hybridized carbons (Fsp3) is 0.611. The van der Waals surface area contributed by atoms with Crippen LogP contribution in [0.4, 0.5) is 0 Å². The number of benzene rings is 1. The van der Waals surface area contributed by atoms with Crippen LogP contribution in [0.15, 0.2) is 24.3 Å². The maximum absolute atomic E-state index is 11.9. The molecule has 1 fully saturated rings. The Morgan fingerprint density at radius 1 is 1.22 bits per heavy atom. The number of hydrogen-bond donors (Lipinski definition) is 2. The molecule has 0 aromatic heterocycles. The molecule has 1 amide bonds. The topological polar surface area (TPSA) is 64.3 Å². The van der Waals surface area contributed by atoms with Gasteiger partial charge in [0, 0.05) is 18.4 Å². The van der Waals surface area contributed by atoms with Gasteiger partial charge in [0.1, 0.15) is 5.75 Å². The van der Waals surface area contributed by atoms with Crippen molar-refractivity contribution in [3.8, 4) is 5.75 Å². The molecule has 1 aliphatic rings. The summed E-state index contributed by atoms with van der Waals surface area (Å²) in [4.78, 5) is 11.9. The Balaban J connectivity index is 0.00000264. The number of nitrogens with one attached hydrogen (secondary N) is 1. The highest BCUT2D eigenvalue weighted by molar-refractivity contribution is 5.85. The van der Waals surface area contributed by atoms with Crippen molar-refractivity contribution in [2.75, 3.05) is 20.2 Å². The van der Waals surface area contributed by atoms with Gasteiger partial charge in [-0.2, -0.15) is 0 Å². The standard InChI is InChI=1S/C18H28N2O2.ClH/c1-22-16-9-7-15(8-10-16)18(11-3-2-4-12-18)14-20-17(21)6-5-13-19;/h7-10H,2-6,11-14,19H2,1H3,(H,20,21);1H. The van der Waals surface area contributed by atoms with Crippen LogP contribution >= 0.6 is 12.4 Å². The van der Waals surface area contributed by atoms with Crippen LogP contribution in [0, 0.1) is 0 Å². The smallest absolute Gasteiger partial charge is 0.220 e. The van der Waals surface area contributed by atoms with Gasteiger partial charge in [0.05, 0.1) is 7.11 Å². The van der Waals surface area contributed by atoms with E-state index in [0.29, 0.717) is 13.0 Å². The molecule has 2 rings (SSSR count). The second-order valence-electron chi connectivity index (χ2n) is 6.24. The number of nitrogens with two attached hydrogens (primary N) is 1. The van der Waals surface area contributed by atoms with Gasteiger partial charge in [-0.1, -0.05) is 31.4 Å². The first-order chi connectivity index (χ1) is 10.7. The van der Waals surface area contributed by atoms with Gasteiger partial charge in [-0.05, 0) is 43.5 Å². The monoisotopic (exact) mass is 340 g/mol. The summed E-state index contributed by atoms with van der Waals surface area (Å²) < 4.78 is 5.25. The summed E-state index contributed by atoms with van der Waals surface area (Å²) >= 11 is 0. The maximum Gasteiger partial charge on any atom is 0.220 e. The molecule has 1 aliphatic carbocycles. The first kappa shape index (κ1) is 19.8. The van der Waals surface area contributed by atoms with Crippen LogP contribution < -0.4 is 15.8 Å². The third kappa shape index (κ3) is 5.40. The molecule has 0 spiro atoms. The van der Waals surface area contributed by atoms with Gasteiger partial charge in [-0.25, -0.2) is 0 Å². The Bertz CT molecular complexity index is 470. The number of carbonyl (C=O) groups is 1. The zero-order chi connectivity index (χ0) is 15.8. The number of ether oxygens (including phenoxy) is 1.